The Morgan fingerprint density at radius 1 is 0.564 bits per heavy atom. The Morgan fingerprint density at radius 2 is 1.04 bits per heavy atom. The average Bonchev–Trinajstić information content (AvgIpc) is 3.17. The summed E-state index contributed by atoms with van der Waals surface area (Å²) in [5.41, 5.74) is 0. The fourth-order valence-corrected chi connectivity index (χ4v) is 5.95. The van der Waals surface area contributed by atoms with E-state index in [4.69, 9.17) is 19.1 Å². The molecule has 11 heteroatoms. The topological polar surface area (TPSA) is 149 Å². The van der Waals surface area contributed by atoms with Gasteiger partial charge in [-0.05, 0) is 64.2 Å². The van der Waals surface area contributed by atoms with Gasteiger partial charge >= 0.3 is 19.8 Å². The van der Waals surface area contributed by atoms with E-state index in [9.17, 15) is 24.2 Å². The molecule has 0 saturated carbocycles. The maximum absolute atomic E-state index is 12.6. The van der Waals surface area contributed by atoms with Crippen molar-refractivity contribution in [1.82, 2.24) is 0 Å². The van der Waals surface area contributed by atoms with Crippen LogP contribution in [0.3, 0.4) is 0 Å². The molecule has 0 aliphatic carbocycles. The Kier molecular flexibility index (Phi) is 37.8. The Balaban J connectivity index is 4.47. The number of aliphatic hydroxyl groups is 2. The summed E-state index contributed by atoms with van der Waals surface area (Å²) in [5.74, 6) is -1.06. The summed E-state index contributed by atoms with van der Waals surface area (Å²) < 4.78 is 32.6. The van der Waals surface area contributed by atoms with Crippen LogP contribution < -0.4 is 0 Å². The largest absolute Gasteiger partial charge is 0.472 e. The number of carbonyl (C=O) groups is 2. The molecule has 10 nitrogen and oxygen atoms in total. The van der Waals surface area contributed by atoms with Crippen LogP contribution in [0.25, 0.3) is 0 Å². The molecule has 0 aromatic heterocycles. The average molecular weight is 795 g/mol. The van der Waals surface area contributed by atoms with Crippen molar-refractivity contribution in [1.29, 1.82) is 0 Å². The van der Waals surface area contributed by atoms with Crippen LogP contribution in [0, 0.1) is 0 Å². The van der Waals surface area contributed by atoms with Gasteiger partial charge in [0.25, 0.3) is 0 Å². The minimum Gasteiger partial charge on any atom is -0.462 e. The van der Waals surface area contributed by atoms with Gasteiger partial charge in [-0.25, -0.2) is 4.57 Å². The Hall–Kier alpha value is -2.59. The Labute approximate surface area is 333 Å². The van der Waals surface area contributed by atoms with Crippen LogP contribution >= 0.6 is 7.82 Å². The summed E-state index contributed by atoms with van der Waals surface area (Å²) in [6, 6.07) is 0. The molecule has 3 atom stereocenters. The molecule has 0 rings (SSSR count). The number of hydrogen-bond donors (Lipinski definition) is 3. The molecular weight excluding hydrogens is 719 g/mol. The van der Waals surface area contributed by atoms with E-state index in [0.717, 1.165) is 44.9 Å². The highest BCUT2D eigenvalue weighted by Crippen LogP contribution is 2.43. The zero-order chi connectivity index (χ0) is 40.5. The lowest BCUT2D eigenvalue weighted by molar-refractivity contribution is -0.161. The molecule has 316 valence electrons. The number of allylic oxidation sites excluding steroid dienone is 12. The fourth-order valence-electron chi connectivity index (χ4n) is 5.16. The zero-order valence-corrected chi connectivity index (χ0v) is 35.0. The van der Waals surface area contributed by atoms with Crippen molar-refractivity contribution >= 4 is 19.8 Å². The van der Waals surface area contributed by atoms with Crippen LogP contribution in [0.2, 0.25) is 0 Å². The van der Waals surface area contributed by atoms with Crippen LogP contribution in [0.5, 0.6) is 0 Å². The molecule has 3 N–H and O–H groups in total. The van der Waals surface area contributed by atoms with Gasteiger partial charge in [-0.3, -0.25) is 18.6 Å². The van der Waals surface area contributed by atoms with Gasteiger partial charge in [0.15, 0.2) is 6.10 Å². The summed E-state index contributed by atoms with van der Waals surface area (Å²) in [7, 11) is -4.64. The molecular formula is C44H75O10P. The highest BCUT2D eigenvalue weighted by molar-refractivity contribution is 7.47. The second kappa shape index (κ2) is 39.6. The molecule has 0 aromatic carbocycles. The third kappa shape index (κ3) is 39.4. The van der Waals surface area contributed by atoms with Gasteiger partial charge in [0.1, 0.15) is 12.7 Å². The fraction of sp³-hybridized carbons (Fsp3) is 0.682. The first-order valence-corrected chi connectivity index (χ1v) is 22.4. The van der Waals surface area contributed by atoms with E-state index in [1.165, 1.54) is 64.2 Å². The van der Waals surface area contributed by atoms with Crippen LogP contribution in [-0.2, 0) is 32.7 Å². The van der Waals surface area contributed by atoms with Crippen molar-refractivity contribution in [3.63, 3.8) is 0 Å². The summed E-state index contributed by atoms with van der Waals surface area (Å²) in [6.07, 6.45) is 44.6. The van der Waals surface area contributed by atoms with Crippen molar-refractivity contribution in [2.24, 2.45) is 0 Å². The van der Waals surface area contributed by atoms with Crippen molar-refractivity contribution in [3.8, 4) is 0 Å². The number of carbonyl (C=O) groups excluding carboxylic acids is 2. The Bertz CT molecular complexity index is 1140. The monoisotopic (exact) mass is 795 g/mol. The predicted molar refractivity (Wildman–Crippen MR) is 223 cm³/mol. The molecule has 0 fully saturated rings. The maximum atomic E-state index is 12.6. The van der Waals surface area contributed by atoms with Crippen LogP contribution in [0.4, 0.5) is 0 Å². The molecule has 0 bridgehead atoms. The van der Waals surface area contributed by atoms with Crippen molar-refractivity contribution in [2.45, 2.75) is 167 Å². The molecule has 0 heterocycles. The van der Waals surface area contributed by atoms with Crippen LogP contribution in [-0.4, -0.2) is 65.7 Å². The minimum atomic E-state index is -4.64. The standard InChI is InChI=1S/C44H75O10P/c1-3-5-7-9-11-13-15-17-19-20-22-23-25-27-29-31-33-35-43(47)51-39-42(40-53-55(49,50)52-38-41(46)37-45)54-44(48)36-34-32-30-28-26-24-21-18-16-14-12-10-8-6-4-2/h5,7,11,13,17,19,22-23,27,29-30,32,41-42,45-46H,3-4,6,8-10,12,14-16,18,20-21,24-26,28,31,33-40H2,1-2H3,(H,49,50)/b7-5+,13-11+,19-17+,23-22+,29-27+,32-30+/t41-,42+/m0/s1. The van der Waals surface area contributed by atoms with Crippen molar-refractivity contribution in [2.75, 3.05) is 26.4 Å². The number of ether oxygens (including phenoxy) is 2. The summed E-state index contributed by atoms with van der Waals surface area (Å²) >= 11 is 0. The van der Waals surface area contributed by atoms with Gasteiger partial charge in [0.05, 0.1) is 19.8 Å². The molecule has 0 aromatic rings. The molecule has 0 aliphatic rings. The lowest BCUT2D eigenvalue weighted by Crippen LogP contribution is -2.29. The lowest BCUT2D eigenvalue weighted by atomic mass is 10.1. The molecule has 1 unspecified atom stereocenters. The first kappa shape index (κ1) is 52.4. The SMILES string of the molecule is CC/C=C/C/C=C/C/C=C/C/C=C/C/C=C/CCCC(=O)OC[C@H](COP(=O)(O)OC[C@@H](O)CO)OC(=O)CC/C=C/CCCCCCCCCCCCC. The van der Waals surface area contributed by atoms with Gasteiger partial charge in [-0.1, -0.05) is 151 Å². The molecule has 0 amide bonds. The number of phosphoric acid groups is 1. The number of esters is 2. The van der Waals surface area contributed by atoms with E-state index >= 15 is 0 Å². The highest BCUT2D eigenvalue weighted by atomic mass is 31.2. The van der Waals surface area contributed by atoms with Crippen molar-refractivity contribution < 1.29 is 47.8 Å². The van der Waals surface area contributed by atoms with Gasteiger partial charge < -0.3 is 24.6 Å². The van der Waals surface area contributed by atoms with Gasteiger partial charge in [-0.15, -0.1) is 0 Å². The van der Waals surface area contributed by atoms with E-state index in [1.54, 1.807) is 0 Å². The number of aliphatic hydroxyl groups excluding tert-OH is 2. The quantitative estimate of drug-likeness (QED) is 0.0239. The van der Waals surface area contributed by atoms with Crippen molar-refractivity contribution in [3.05, 3.63) is 72.9 Å². The number of unbranched alkanes of at least 4 members (excludes halogenated alkanes) is 12. The normalized spacial score (nSPS) is 14.6. The molecule has 0 radical (unpaired) electrons. The second-order valence-electron chi connectivity index (χ2n) is 13.6. The predicted octanol–water partition coefficient (Wildman–Crippen LogP) is 10.9. The number of hydrogen-bond acceptors (Lipinski definition) is 9. The van der Waals surface area contributed by atoms with Crippen LogP contribution in [0.15, 0.2) is 72.9 Å². The molecule has 0 saturated heterocycles. The van der Waals surface area contributed by atoms with E-state index in [0.29, 0.717) is 19.3 Å². The molecule has 0 aliphatic heterocycles. The van der Waals surface area contributed by atoms with E-state index in [2.05, 4.69) is 73.1 Å². The first-order valence-electron chi connectivity index (χ1n) is 20.9. The van der Waals surface area contributed by atoms with E-state index in [-0.39, 0.29) is 19.4 Å². The maximum Gasteiger partial charge on any atom is 0.472 e. The molecule has 55 heavy (non-hydrogen) atoms. The number of rotatable bonds is 38. The summed E-state index contributed by atoms with van der Waals surface area (Å²) in [5, 5.41) is 18.3. The Morgan fingerprint density at radius 3 is 1.60 bits per heavy atom. The summed E-state index contributed by atoms with van der Waals surface area (Å²) in [6.45, 7) is 2.14. The van der Waals surface area contributed by atoms with Gasteiger partial charge in [0.2, 0.25) is 0 Å². The lowest BCUT2D eigenvalue weighted by Gasteiger charge is -2.20. The highest BCUT2D eigenvalue weighted by Gasteiger charge is 2.27. The van der Waals surface area contributed by atoms with E-state index in [1.807, 2.05) is 18.2 Å². The zero-order valence-electron chi connectivity index (χ0n) is 34.1. The first-order chi connectivity index (χ1) is 26.7. The van der Waals surface area contributed by atoms with Gasteiger partial charge in [-0.2, -0.15) is 0 Å². The minimum absolute atomic E-state index is 0.0857. The molecule has 0 spiro atoms. The van der Waals surface area contributed by atoms with Crippen LogP contribution in [0.1, 0.15) is 155 Å². The number of phosphoric ester groups is 1. The van der Waals surface area contributed by atoms with E-state index < -0.39 is 51.8 Å². The third-order valence-electron chi connectivity index (χ3n) is 8.36. The smallest absolute Gasteiger partial charge is 0.462 e. The second-order valence-corrected chi connectivity index (χ2v) is 15.1. The summed E-state index contributed by atoms with van der Waals surface area (Å²) in [4.78, 5) is 34.9. The van der Waals surface area contributed by atoms with Gasteiger partial charge in [0, 0.05) is 12.8 Å². The third-order valence-corrected chi connectivity index (χ3v) is 9.31.